The van der Waals surface area contributed by atoms with Gasteiger partial charge in [0.05, 0.1) is 28.2 Å². The molecule has 3 aromatic rings. The minimum atomic E-state index is -0.501. The summed E-state index contributed by atoms with van der Waals surface area (Å²) in [6.45, 7) is 0. The van der Waals surface area contributed by atoms with Crippen molar-refractivity contribution in [2.75, 3.05) is 0 Å². The van der Waals surface area contributed by atoms with Crippen LogP contribution in [0.3, 0.4) is 0 Å². The molecule has 0 saturated heterocycles. The molecule has 96 valence electrons. The Labute approximate surface area is 113 Å². The maximum atomic E-state index is 12.4. The topological polar surface area (TPSA) is 78.7 Å². The lowest BCUT2D eigenvalue weighted by Gasteiger charge is -2.06. The molecule has 0 fully saturated rings. The summed E-state index contributed by atoms with van der Waals surface area (Å²) in [5, 5.41) is 9.20. The molecule has 0 spiro atoms. The highest BCUT2D eigenvalue weighted by Crippen LogP contribution is 2.08. The van der Waals surface area contributed by atoms with Gasteiger partial charge < -0.3 is 4.98 Å². The molecule has 2 aromatic carbocycles. The number of nitrogens with zero attached hydrogens (tertiary/aromatic N) is 2. The lowest BCUT2D eigenvalue weighted by molar-refractivity contribution is 0.901. The Hall–Kier alpha value is -3.13. The van der Waals surface area contributed by atoms with Crippen LogP contribution in [-0.4, -0.2) is 9.55 Å². The molecule has 1 N–H and O–H groups in total. The molecule has 0 unspecified atom stereocenters. The molecule has 0 aliphatic rings. The van der Waals surface area contributed by atoms with Crippen LogP contribution in [-0.2, 0) is 0 Å². The van der Waals surface area contributed by atoms with Gasteiger partial charge in [0.25, 0.3) is 5.56 Å². The predicted molar refractivity (Wildman–Crippen MR) is 74.9 cm³/mol. The predicted octanol–water partition coefficient (Wildman–Crippen LogP) is 1.55. The van der Waals surface area contributed by atoms with Crippen LogP contribution < -0.4 is 11.2 Å². The zero-order valence-electron chi connectivity index (χ0n) is 10.3. The first-order chi connectivity index (χ1) is 9.70. The van der Waals surface area contributed by atoms with Crippen LogP contribution in [0.4, 0.5) is 0 Å². The average molecular weight is 263 g/mol. The number of aromatic amines is 1. The van der Waals surface area contributed by atoms with Crippen LogP contribution in [0, 0.1) is 11.3 Å². The molecule has 0 atom stereocenters. The first kappa shape index (κ1) is 11.9. The fourth-order valence-electron chi connectivity index (χ4n) is 2.08. The number of hydrogen-bond donors (Lipinski definition) is 1. The molecule has 5 nitrogen and oxygen atoms in total. The number of rotatable bonds is 1. The minimum absolute atomic E-state index is 0.381. The maximum absolute atomic E-state index is 12.4. The second-order valence-corrected chi connectivity index (χ2v) is 4.27. The smallest absolute Gasteiger partial charge is 0.306 e. The molecular weight excluding hydrogens is 254 g/mol. The zero-order chi connectivity index (χ0) is 14.1. The van der Waals surface area contributed by atoms with Crippen molar-refractivity contribution in [3.8, 4) is 11.8 Å². The molecule has 3 rings (SSSR count). The first-order valence-corrected chi connectivity index (χ1v) is 5.95. The number of para-hydroxylation sites is 1. The highest BCUT2D eigenvalue weighted by atomic mass is 16.2. The Morgan fingerprint density at radius 1 is 1.00 bits per heavy atom. The van der Waals surface area contributed by atoms with E-state index in [4.69, 9.17) is 5.26 Å². The Morgan fingerprint density at radius 2 is 1.70 bits per heavy atom. The summed E-state index contributed by atoms with van der Waals surface area (Å²) in [4.78, 5) is 27.1. The van der Waals surface area contributed by atoms with Crippen molar-refractivity contribution in [1.82, 2.24) is 9.55 Å². The number of nitriles is 1. The van der Waals surface area contributed by atoms with Crippen molar-refractivity contribution < 1.29 is 0 Å². The van der Waals surface area contributed by atoms with E-state index in [0.717, 1.165) is 4.57 Å². The van der Waals surface area contributed by atoms with Crippen molar-refractivity contribution in [2.24, 2.45) is 0 Å². The van der Waals surface area contributed by atoms with Crippen molar-refractivity contribution in [2.45, 2.75) is 0 Å². The maximum Gasteiger partial charge on any atom is 0.333 e. The van der Waals surface area contributed by atoms with Gasteiger partial charge in [0.2, 0.25) is 0 Å². The largest absolute Gasteiger partial charge is 0.333 e. The van der Waals surface area contributed by atoms with Crippen LogP contribution >= 0.6 is 0 Å². The van der Waals surface area contributed by atoms with Gasteiger partial charge in [-0.05, 0) is 36.4 Å². The summed E-state index contributed by atoms with van der Waals surface area (Å²) in [7, 11) is 0. The van der Waals surface area contributed by atoms with Gasteiger partial charge in [0.15, 0.2) is 0 Å². The van der Waals surface area contributed by atoms with Crippen LogP contribution in [0.2, 0.25) is 0 Å². The Kier molecular flexibility index (Phi) is 2.70. The van der Waals surface area contributed by atoms with Gasteiger partial charge in [-0.3, -0.25) is 4.79 Å². The van der Waals surface area contributed by atoms with Crippen molar-refractivity contribution in [3.63, 3.8) is 0 Å². The van der Waals surface area contributed by atoms with Crippen molar-refractivity contribution in [1.29, 1.82) is 5.26 Å². The van der Waals surface area contributed by atoms with Gasteiger partial charge in [0, 0.05) is 0 Å². The van der Waals surface area contributed by atoms with Crippen LogP contribution in [0.1, 0.15) is 5.56 Å². The molecular formula is C15H9N3O2. The Morgan fingerprint density at radius 3 is 2.40 bits per heavy atom. The molecule has 5 heteroatoms. The molecule has 0 aliphatic carbocycles. The van der Waals surface area contributed by atoms with E-state index in [9.17, 15) is 9.59 Å². The number of fused-ring (bicyclic) bond motifs is 1. The Bertz CT molecular complexity index is 944. The minimum Gasteiger partial charge on any atom is -0.306 e. The summed E-state index contributed by atoms with van der Waals surface area (Å²) < 4.78 is 1.06. The van der Waals surface area contributed by atoms with Crippen molar-refractivity contribution in [3.05, 3.63) is 74.9 Å². The van der Waals surface area contributed by atoms with E-state index in [1.165, 1.54) is 0 Å². The average Bonchev–Trinajstić information content (AvgIpc) is 2.48. The molecule has 0 aliphatic heterocycles. The molecule has 20 heavy (non-hydrogen) atoms. The lowest BCUT2D eigenvalue weighted by Crippen LogP contribution is -2.33. The number of aromatic nitrogens is 2. The third kappa shape index (κ3) is 1.80. The molecule has 0 radical (unpaired) electrons. The number of benzene rings is 2. The molecule has 0 amide bonds. The zero-order valence-corrected chi connectivity index (χ0v) is 10.3. The van der Waals surface area contributed by atoms with Crippen molar-refractivity contribution >= 4 is 10.9 Å². The summed E-state index contributed by atoms with van der Waals surface area (Å²) in [5.41, 5.74) is 0.528. The third-order valence-electron chi connectivity index (χ3n) is 3.06. The number of H-pyrrole nitrogens is 1. The van der Waals surface area contributed by atoms with Crippen LogP contribution in [0.15, 0.2) is 58.1 Å². The number of nitrogens with one attached hydrogen (secondary N) is 1. The van der Waals surface area contributed by atoms with E-state index >= 15 is 0 Å². The summed E-state index contributed by atoms with van der Waals surface area (Å²) in [5.74, 6) is 0. The van der Waals surface area contributed by atoms with Gasteiger partial charge >= 0.3 is 5.69 Å². The standard InChI is InChI=1S/C15H9N3O2/c16-9-10-5-7-11(8-6-10)18-14(19)12-3-1-2-4-13(12)17-15(18)20/h1-8H,(H,17,20). The van der Waals surface area contributed by atoms with Gasteiger partial charge in [-0.15, -0.1) is 0 Å². The quantitative estimate of drug-likeness (QED) is 0.723. The highest BCUT2D eigenvalue weighted by molar-refractivity contribution is 5.77. The van der Waals surface area contributed by atoms with Crippen LogP contribution in [0.25, 0.3) is 16.6 Å². The van der Waals surface area contributed by atoms with Gasteiger partial charge in [-0.1, -0.05) is 12.1 Å². The fraction of sp³-hybridized carbons (Fsp3) is 0. The third-order valence-corrected chi connectivity index (χ3v) is 3.06. The van der Waals surface area contributed by atoms with Gasteiger partial charge in [-0.2, -0.15) is 5.26 Å². The summed E-state index contributed by atoms with van der Waals surface area (Å²) >= 11 is 0. The highest BCUT2D eigenvalue weighted by Gasteiger charge is 2.08. The monoisotopic (exact) mass is 263 g/mol. The second-order valence-electron chi connectivity index (χ2n) is 4.27. The SMILES string of the molecule is N#Cc1ccc(-n2c(=O)[nH]c3ccccc3c2=O)cc1. The fourth-order valence-corrected chi connectivity index (χ4v) is 2.08. The molecule has 1 heterocycles. The normalized spacial score (nSPS) is 10.3. The van der Waals surface area contributed by atoms with E-state index in [0.29, 0.717) is 22.2 Å². The lowest BCUT2D eigenvalue weighted by atomic mass is 10.2. The van der Waals surface area contributed by atoms with E-state index in [2.05, 4.69) is 4.98 Å². The van der Waals surface area contributed by atoms with Gasteiger partial charge in [0.1, 0.15) is 0 Å². The van der Waals surface area contributed by atoms with Gasteiger partial charge in [-0.25, -0.2) is 9.36 Å². The van der Waals surface area contributed by atoms with E-state index in [-0.39, 0.29) is 5.56 Å². The molecule has 0 bridgehead atoms. The number of hydrogen-bond acceptors (Lipinski definition) is 3. The Balaban J connectivity index is 2.33. The van der Waals surface area contributed by atoms with Crippen LogP contribution in [0.5, 0.6) is 0 Å². The summed E-state index contributed by atoms with van der Waals surface area (Å²) in [6.07, 6.45) is 0. The first-order valence-electron chi connectivity index (χ1n) is 5.95. The van der Waals surface area contributed by atoms with E-state index in [1.54, 1.807) is 48.5 Å². The second kappa shape index (κ2) is 4.52. The molecule has 0 saturated carbocycles. The van der Waals surface area contributed by atoms with E-state index in [1.807, 2.05) is 6.07 Å². The van der Waals surface area contributed by atoms with E-state index < -0.39 is 5.69 Å². The summed E-state index contributed by atoms with van der Waals surface area (Å²) in [6, 6.07) is 15.1. The molecule has 1 aromatic heterocycles.